The van der Waals surface area contributed by atoms with Gasteiger partial charge in [-0.1, -0.05) is 17.7 Å². The van der Waals surface area contributed by atoms with Crippen molar-refractivity contribution in [2.75, 3.05) is 13.2 Å². The van der Waals surface area contributed by atoms with Crippen LogP contribution in [-0.4, -0.2) is 30.3 Å². The summed E-state index contributed by atoms with van der Waals surface area (Å²) in [5.41, 5.74) is 5.98. The first-order valence-corrected chi connectivity index (χ1v) is 9.76. The highest BCUT2D eigenvalue weighted by atomic mass is 35.5. The number of benzene rings is 2. The molecule has 0 aliphatic heterocycles. The van der Waals surface area contributed by atoms with Crippen LogP contribution in [-0.2, 0) is 0 Å². The van der Waals surface area contributed by atoms with Crippen molar-refractivity contribution in [2.45, 2.75) is 13.8 Å². The summed E-state index contributed by atoms with van der Waals surface area (Å²) in [6.45, 7) is 4.84. The molecular formula is C23H22ClN3O3. The maximum Gasteiger partial charge on any atom is 0.271 e. The van der Waals surface area contributed by atoms with Crippen molar-refractivity contribution in [3.8, 4) is 11.5 Å². The van der Waals surface area contributed by atoms with E-state index in [1.54, 1.807) is 42.7 Å². The predicted octanol–water partition coefficient (Wildman–Crippen LogP) is 4.57. The second-order valence-electron chi connectivity index (χ2n) is 6.56. The number of aryl methyl sites for hydroxylation is 2. The highest BCUT2D eigenvalue weighted by molar-refractivity contribution is 6.30. The SMILES string of the molecule is Cc1ccc(OCCOc2ccc(Cl)cc2C=NNC(=O)c2ccncc2)cc1C. The molecule has 1 amide bonds. The first-order valence-electron chi connectivity index (χ1n) is 9.39. The van der Waals surface area contributed by atoms with Gasteiger partial charge in [0, 0.05) is 28.5 Å². The molecule has 30 heavy (non-hydrogen) atoms. The second-order valence-corrected chi connectivity index (χ2v) is 7.00. The van der Waals surface area contributed by atoms with E-state index in [1.165, 1.54) is 17.3 Å². The molecule has 0 saturated heterocycles. The molecule has 3 aromatic rings. The molecular weight excluding hydrogens is 402 g/mol. The Morgan fingerprint density at radius 1 is 1.03 bits per heavy atom. The lowest BCUT2D eigenvalue weighted by molar-refractivity contribution is 0.0955. The fourth-order valence-corrected chi connectivity index (χ4v) is 2.78. The van der Waals surface area contributed by atoms with Crippen molar-refractivity contribution < 1.29 is 14.3 Å². The molecule has 7 heteroatoms. The largest absolute Gasteiger partial charge is 0.490 e. The van der Waals surface area contributed by atoms with Crippen molar-refractivity contribution in [1.82, 2.24) is 10.4 Å². The summed E-state index contributed by atoms with van der Waals surface area (Å²) in [7, 11) is 0. The summed E-state index contributed by atoms with van der Waals surface area (Å²) in [4.78, 5) is 15.9. The number of rotatable bonds is 8. The van der Waals surface area contributed by atoms with E-state index < -0.39 is 0 Å². The van der Waals surface area contributed by atoms with Gasteiger partial charge in [0.1, 0.15) is 24.7 Å². The van der Waals surface area contributed by atoms with Gasteiger partial charge in [-0.25, -0.2) is 5.43 Å². The van der Waals surface area contributed by atoms with Gasteiger partial charge in [0.2, 0.25) is 0 Å². The lowest BCUT2D eigenvalue weighted by Gasteiger charge is -2.11. The molecule has 0 atom stereocenters. The van der Waals surface area contributed by atoms with E-state index in [0.717, 1.165) is 5.75 Å². The normalized spacial score (nSPS) is 10.8. The monoisotopic (exact) mass is 423 g/mol. The molecule has 1 N–H and O–H groups in total. The van der Waals surface area contributed by atoms with Gasteiger partial charge in [-0.3, -0.25) is 9.78 Å². The van der Waals surface area contributed by atoms with Crippen LogP contribution in [0.4, 0.5) is 0 Å². The molecule has 0 bridgehead atoms. The standard InChI is InChI=1S/C23H22ClN3O3/c1-16-3-5-21(13-17(16)2)29-11-12-30-22-6-4-20(24)14-19(22)15-26-27-23(28)18-7-9-25-10-8-18/h3-10,13-15H,11-12H2,1-2H3,(H,27,28). The highest BCUT2D eigenvalue weighted by Crippen LogP contribution is 2.22. The van der Waals surface area contributed by atoms with Crippen LogP contribution >= 0.6 is 11.6 Å². The molecule has 0 radical (unpaired) electrons. The zero-order valence-electron chi connectivity index (χ0n) is 16.8. The van der Waals surface area contributed by atoms with Gasteiger partial charge in [0.15, 0.2) is 0 Å². The van der Waals surface area contributed by atoms with Crippen LogP contribution in [0.2, 0.25) is 5.02 Å². The number of pyridine rings is 1. The lowest BCUT2D eigenvalue weighted by Crippen LogP contribution is -2.17. The Kier molecular flexibility index (Phi) is 7.40. The van der Waals surface area contributed by atoms with Crippen molar-refractivity contribution in [3.63, 3.8) is 0 Å². The maximum absolute atomic E-state index is 12.1. The molecule has 154 valence electrons. The number of hydrogen-bond acceptors (Lipinski definition) is 5. The number of nitrogens with one attached hydrogen (secondary N) is 1. The lowest BCUT2D eigenvalue weighted by atomic mass is 10.1. The molecule has 0 saturated carbocycles. The maximum atomic E-state index is 12.1. The molecule has 0 unspecified atom stereocenters. The van der Waals surface area contributed by atoms with Crippen molar-refractivity contribution in [3.05, 3.63) is 88.2 Å². The third-order valence-electron chi connectivity index (χ3n) is 4.37. The van der Waals surface area contributed by atoms with Crippen LogP contribution < -0.4 is 14.9 Å². The molecule has 6 nitrogen and oxygen atoms in total. The van der Waals surface area contributed by atoms with Crippen LogP contribution in [0.3, 0.4) is 0 Å². The minimum atomic E-state index is -0.333. The summed E-state index contributed by atoms with van der Waals surface area (Å²) in [6, 6.07) is 14.4. The summed E-state index contributed by atoms with van der Waals surface area (Å²) in [5.74, 6) is 1.06. The van der Waals surface area contributed by atoms with E-state index >= 15 is 0 Å². The van der Waals surface area contributed by atoms with Crippen LogP contribution in [0, 0.1) is 13.8 Å². The number of carbonyl (C=O) groups excluding carboxylic acids is 1. The van der Waals surface area contributed by atoms with Gasteiger partial charge in [-0.2, -0.15) is 5.10 Å². The molecule has 0 spiro atoms. The number of halogens is 1. The summed E-state index contributed by atoms with van der Waals surface area (Å²) in [5, 5.41) is 4.54. The van der Waals surface area contributed by atoms with E-state index in [4.69, 9.17) is 21.1 Å². The quantitative estimate of drug-likeness (QED) is 0.327. The van der Waals surface area contributed by atoms with Crippen molar-refractivity contribution in [2.24, 2.45) is 5.10 Å². The summed E-state index contributed by atoms with van der Waals surface area (Å²) >= 11 is 6.09. The van der Waals surface area contributed by atoms with E-state index in [2.05, 4.69) is 22.4 Å². The van der Waals surface area contributed by atoms with Crippen LogP contribution in [0.5, 0.6) is 11.5 Å². The van der Waals surface area contributed by atoms with Crippen LogP contribution in [0.25, 0.3) is 0 Å². The average Bonchev–Trinajstić information content (AvgIpc) is 2.75. The Balaban J connectivity index is 1.56. The van der Waals surface area contributed by atoms with Crippen LogP contribution in [0.15, 0.2) is 66.0 Å². The zero-order chi connectivity index (χ0) is 21.3. The minimum absolute atomic E-state index is 0.333. The molecule has 1 heterocycles. The molecule has 2 aromatic carbocycles. The van der Waals surface area contributed by atoms with Gasteiger partial charge >= 0.3 is 0 Å². The van der Waals surface area contributed by atoms with Gasteiger partial charge in [0.05, 0.1) is 6.21 Å². The van der Waals surface area contributed by atoms with E-state index in [9.17, 15) is 4.79 Å². The smallest absolute Gasteiger partial charge is 0.271 e. The fraction of sp³-hybridized carbons (Fsp3) is 0.174. The Bertz CT molecular complexity index is 1040. The third kappa shape index (κ3) is 6.06. The number of nitrogens with zero attached hydrogens (tertiary/aromatic N) is 2. The predicted molar refractivity (Wildman–Crippen MR) is 118 cm³/mol. The van der Waals surface area contributed by atoms with Gasteiger partial charge < -0.3 is 9.47 Å². The first kappa shape index (κ1) is 21.3. The average molecular weight is 424 g/mol. The number of ether oxygens (including phenoxy) is 2. The molecule has 0 aliphatic carbocycles. The molecule has 3 rings (SSSR count). The topological polar surface area (TPSA) is 72.8 Å². The second kappa shape index (κ2) is 10.4. The number of carbonyl (C=O) groups is 1. The van der Waals surface area contributed by atoms with Crippen molar-refractivity contribution >= 4 is 23.7 Å². The summed E-state index contributed by atoms with van der Waals surface area (Å²) < 4.78 is 11.6. The highest BCUT2D eigenvalue weighted by Gasteiger charge is 2.06. The fourth-order valence-electron chi connectivity index (χ4n) is 2.59. The van der Waals surface area contributed by atoms with Gasteiger partial charge in [-0.15, -0.1) is 0 Å². The van der Waals surface area contributed by atoms with E-state index in [1.807, 2.05) is 25.1 Å². The van der Waals surface area contributed by atoms with Crippen LogP contribution in [0.1, 0.15) is 27.0 Å². The Labute approximate surface area is 180 Å². The molecule has 0 aliphatic rings. The number of hydrazone groups is 1. The van der Waals surface area contributed by atoms with E-state index in [0.29, 0.717) is 35.1 Å². The van der Waals surface area contributed by atoms with Gasteiger partial charge in [0.25, 0.3) is 5.91 Å². The Morgan fingerprint density at radius 2 is 1.80 bits per heavy atom. The molecule has 1 aromatic heterocycles. The number of amides is 1. The third-order valence-corrected chi connectivity index (χ3v) is 4.61. The molecule has 0 fully saturated rings. The summed E-state index contributed by atoms with van der Waals surface area (Å²) in [6.07, 6.45) is 4.58. The Morgan fingerprint density at radius 3 is 2.57 bits per heavy atom. The zero-order valence-corrected chi connectivity index (χ0v) is 17.5. The Hall–Kier alpha value is -3.38. The van der Waals surface area contributed by atoms with Crippen molar-refractivity contribution in [1.29, 1.82) is 0 Å². The first-order chi connectivity index (χ1) is 14.5. The number of aromatic nitrogens is 1. The minimum Gasteiger partial charge on any atom is -0.490 e. The van der Waals surface area contributed by atoms with E-state index in [-0.39, 0.29) is 5.91 Å². The van der Waals surface area contributed by atoms with Gasteiger partial charge in [-0.05, 0) is 67.4 Å². The number of hydrogen-bond donors (Lipinski definition) is 1.